The van der Waals surface area contributed by atoms with Crippen LogP contribution in [0.4, 0.5) is 21.7 Å². The zero-order chi connectivity index (χ0) is 28.2. The van der Waals surface area contributed by atoms with Gasteiger partial charge in [-0.3, -0.25) is 4.79 Å². The molecular formula is C30H27FN8O2. The zero-order valence-corrected chi connectivity index (χ0v) is 22.6. The van der Waals surface area contributed by atoms with Crippen LogP contribution in [0.3, 0.4) is 0 Å². The van der Waals surface area contributed by atoms with Crippen LogP contribution in [0.15, 0.2) is 67.8 Å². The molecule has 2 aliphatic heterocycles. The molecule has 0 spiro atoms. The fourth-order valence-electron chi connectivity index (χ4n) is 5.70. The predicted octanol–water partition coefficient (Wildman–Crippen LogP) is 4.73. The molecular weight excluding hydrogens is 523 g/mol. The molecule has 3 aromatic heterocycles. The first-order valence-electron chi connectivity index (χ1n) is 13.3. The highest BCUT2D eigenvalue weighted by Gasteiger charge is 2.47. The van der Waals surface area contributed by atoms with Crippen molar-refractivity contribution in [1.82, 2.24) is 29.4 Å². The van der Waals surface area contributed by atoms with E-state index in [-0.39, 0.29) is 17.6 Å². The number of carbonyl (C=O) groups excluding carboxylic acids is 1. The number of benzene rings is 2. The molecule has 2 aliphatic rings. The summed E-state index contributed by atoms with van der Waals surface area (Å²) in [7, 11) is 1.93. The minimum Gasteiger partial charge on any atom is -0.457 e. The number of carbonyl (C=O) groups is 1. The number of pyridine rings is 1. The molecule has 2 fully saturated rings. The highest BCUT2D eigenvalue weighted by Crippen LogP contribution is 2.37. The minimum absolute atomic E-state index is 0.0475. The van der Waals surface area contributed by atoms with Gasteiger partial charge in [0.1, 0.15) is 29.2 Å². The van der Waals surface area contributed by atoms with Crippen molar-refractivity contribution in [2.45, 2.75) is 13.0 Å². The highest BCUT2D eigenvalue weighted by molar-refractivity contribution is 5.89. The molecule has 5 aromatic rings. The van der Waals surface area contributed by atoms with Gasteiger partial charge < -0.3 is 24.4 Å². The average molecular weight is 551 g/mol. The predicted molar refractivity (Wildman–Crippen MR) is 154 cm³/mol. The Balaban J connectivity index is 1.13. The van der Waals surface area contributed by atoms with Gasteiger partial charge in [0.2, 0.25) is 5.91 Å². The number of hydrogen-bond acceptors (Lipinski definition) is 8. The van der Waals surface area contributed by atoms with Gasteiger partial charge in [-0.05, 0) is 49.4 Å². The van der Waals surface area contributed by atoms with Crippen molar-refractivity contribution in [3.05, 3.63) is 79.2 Å². The molecule has 41 heavy (non-hydrogen) atoms. The summed E-state index contributed by atoms with van der Waals surface area (Å²) in [6, 6.07) is 12.9. The largest absolute Gasteiger partial charge is 0.457 e. The number of ether oxygens (including phenoxy) is 1. The summed E-state index contributed by atoms with van der Waals surface area (Å²) in [5.74, 6) is 2.06. The van der Waals surface area contributed by atoms with Crippen LogP contribution in [0.1, 0.15) is 5.56 Å². The fraction of sp³-hybridized carbons (Fsp3) is 0.233. The van der Waals surface area contributed by atoms with Crippen LogP contribution in [0.25, 0.3) is 22.1 Å². The molecule has 206 valence electrons. The second kappa shape index (κ2) is 9.54. The Labute approximate surface area is 235 Å². The minimum atomic E-state index is -0.451. The molecule has 2 atom stereocenters. The van der Waals surface area contributed by atoms with Gasteiger partial charge in [-0.2, -0.15) is 0 Å². The van der Waals surface area contributed by atoms with E-state index in [9.17, 15) is 4.79 Å². The number of rotatable bonds is 6. The Bertz CT molecular complexity index is 1850. The number of hydrogen-bond donors (Lipinski definition) is 1. The Morgan fingerprint density at radius 3 is 2.83 bits per heavy atom. The van der Waals surface area contributed by atoms with Crippen LogP contribution in [0.5, 0.6) is 11.5 Å². The van der Waals surface area contributed by atoms with Gasteiger partial charge >= 0.3 is 0 Å². The average Bonchev–Trinajstić information content (AvgIpc) is 3.51. The quantitative estimate of drug-likeness (QED) is 0.303. The molecule has 0 bridgehead atoms. The number of imidazole rings is 1. The third-order valence-corrected chi connectivity index (χ3v) is 8.00. The van der Waals surface area contributed by atoms with Gasteiger partial charge in [0.25, 0.3) is 0 Å². The summed E-state index contributed by atoms with van der Waals surface area (Å²) in [4.78, 5) is 34.0. The summed E-state index contributed by atoms with van der Waals surface area (Å²) in [5.41, 5.74) is 3.56. The highest BCUT2D eigenvalue weighted by atomic mass is 19.1. The van der Waals surface area contributed by atoms with E-state index in [0.717, 1.165) is 29.9 Å². The van der Waals surface area contributed by atoms with Crippen molar-refractivity contribution in [3.63, 3.8) is 0 Å². The van der Waals surface area contributed by atoms with Crippen molar-refractivity contribution in [1.29, 1.82) is 0 Å². The number of fused-ring (bicyclic) bond motifs is 3. The maximum absolute atomic E-state index is 15.6. The monoisotopic (exact) mass is 550 g/mol. The molecule has 0 radical (unpaired) electrons. The summed E-state index contributed by atoms with van der Waals surface area (Å²) in [5, 5.41) is 3.11. The molecule has 2 saturated heterocycles. The molecule has 10 nitrogen and oxygen atoms in total. The van der Waals surface area contributed by atoms with Crippen LogP contribution >= 0.6 is 0 Å². The van der Waals surface area contributed by atoms with E-state index < -0.39 is 5.82 Å². The first-order chi connectivity index (χ1) is 19.9. The number of likely N-dealkylation sites (tertiary alicyclic amines) is 1. The lowest BCUT2D eigenvalue weighted by Crippen LogP contribution is -2.56. The molecule has 11 heteroatoms. The molecule has 7 rings (SSSR count). The molecule has 0 saturated carbocycles. The lowest BCUT2D eigenvalue weighted by Gasteiger charge is -2.44. The topological polar surface area (TPSA) is 101 Å². The lowest BCUT2D eigenvalue weighted by molar-refractivity contribution is -0.125. The van der Waals surface area contributed by atoms with E-state index in [4.69, 9.17) is 9.72 Å². The van der Waals surface area contributed by atoms with E-state index in [0.29, 0.717) is 46.4 Å². The summed E-state index contributed by atoms with van der Waals surface area (Å²) >= 11 is 0. The molecule has 1 N–H and O–H groups in total. The Hall–Kier alpha value is -5.06. The van der Waals surface area contributed by atoms with Crippen LogP contribution in [0.2, 0.25) is 0 Å². The van der Waals surface area contributed by atoms with Gasteiger partial charge in [0.15, 0.2) is 11.6 Å². The maximum Gasteiger partial charge on any atom is 0.246 e. The second-order valence-electron chi connectivity index (χ2n) is 10.5. The van der Waals surface area contributed by atoms with Crippen molar-refractivity contribution in [2.24, 2.45) is 13.0 Å². The number of nitrogens with zero attached hydrogens (tertiary/aromatic N) is 7. The van der Waals surface area contributed by atoms with Gasteiger partial charge in [0.05, 0.1) is 34.6 Å². The van der Waals surface area contributed by atoms with Gasteiger partial charge in [-0.15, -0.1) is 0 Å². The standard InChI is InChI=1S/C30H27FN8O2/c1-4-27(40)38-12-18-13-39(24(18)14-38)26-10-7-21-29(36-26)30(33-15-32-21)35-20-6-9-25(17(2)28(20)31)41-19-5-8-23-22(11-19)34-16-37(23)3/h4-11,15-16,18,24H,1,12-14H2,2-3H3,(H,32,33,35)/t18-,24?/m0/s1. The van der Waals surface area contributed by atoms with E-state index >= 15 is 4.39 Å². The van der Waals surface area contributed by atoms with Crippen molar-refractivity contribution >= 4 is 45.3 Å². The molecule has 1 amide bonds. The van der Waals surface area contributed by atoms with Gasteiger partial charge in [-0.25, -0.2) is 24.3 Å². The molecule has 0 aliphatic carbocycles. The number of anilines is 3. The van der Waals surface area contributed by atoms with Gasteiger partial charge in [0, 0.05) is 44.2 Å². The van der Waals surface area contributed by atoms with Crippen LogP contribution in [-0.2, 0) is 11.8 Å². The van der Waals surface area contributed by atoms with Crippen LogP contribution < -0.4 is 15.0 Å². The number of aromatic nitrogens is 5. The van der Waals surface area contributed by atoms with Crippen LogP contribution in [0, 0.1) is 18.7 Å². The number of amides is 1. The summed E-state index contributed by atoms with van der Waals surface area (Å²) in [6.07, 6.45) is 4.53. The first-order valence-corrected chi connectivity index (χ1v) is 13.3. The van der Waals surface area contributed by atoms with E-state index in [2.05, 4.69) is 31.7 Å². The Morgan fingerprint density at radius 1 is 1.10 bits per heavy atom. The number of halogens is 1. The Kier molecular flexibility index (Phi) is 5.81. The summed E-state index contributed by atoms with van der Waals surface area (Å²) in [6.45, 7) is 7.45. The normalized spacial score (nSPS) is 17.9. The molecule has 1 unspecified atom stereocenters. The fourth-order valence-corrected chi connectivity index (χ4v) is 5.70. The van der Waals surface area contributed by atoms with Crippen molar-refractivity contribution in [2.75, 3.05) is 29.9 Å². The SMILES string of the molecule is C=CC(=O)N1CC2[C@@H](C1)CN2c1ccc2ncnc(Nc3ccc(Oc4ccc5c(c4)ncn5C)c(C)c3F)c2n1. The van der Waals surface area contributed by atoms with Crippen LogP contribution in [-0.4, -0.2) is 61.0 Å². The summed E-state index contributed by atoms with van der Waals surface area (Å²) < 4.78 is 23.5. The number of nitrogens with one attached hydrogen (secondary N) is 1. The van der Waals surface area contributed by atoms with Crippen molar-refractivity contribution < 1.29 is 13.9 Å². The smallest absolute Gasteiger partial charge is 0.246 e. The third-order valence-electron chi connectivity index (χ3n) is 8.00. The number of aryl methyl sites for hydroxylation is 1. The maximum atomic E-state index is 15.6. The zero-order valence-electron chi connectivity index (χ0n) is 22.6. The molecule has 2 aromatic carbocycles. The Morgan fingerprint density at radius 2 is 1.98 bits per heavy atom. The third kappa shape index (κ3) is 4.21. The second-order valence-corrected chi connectivity index (χ2v) is 10.5. The van der Waals surface area contributed by atoms with E-state index in [1.165, 1.54) is 12.4 Å². The lowest BCUT2D eigenvalue weighted by atomic mass is 9.92. The van der Waals surface area contributed by atoms with E-state index in [1.54, 1.807) is 25.4 Å². The van der Waals surface area contributed by atoms with E-state index in [1.807, 2.05) is 46.8 Å². The van der Waals surface area contributed by atoms with Gasteiger partial charge in [-0.1, -0.05) is 6.58 Å². The molecule has 5 heterocycles. The van der Waals surface area contributed by atoms with Crippen molar-refractivity contribution in [3.8, 4) is 11.5 Å². The first kappa shape index (κ1) is 24.9.